The Morgan fingerprint density at radius 3 is 2.86 bits per heavy atom. The van der Waals surface area contributed by atoms with E-state index in [0.717, 1.165) is 29.7 Å². The predicted octanol–water partition coefficient (Wildman–Crippen LogP) is 3.73. The minimum absolute atomic E-state index is 0.00447. The Morgan fingerprint density at radius 2 is 2.05 bits per heavy atom. The van der Waals surface area contributed by atoms with Gasteiger partial charge in [-0.3, -0.25) is 4.79 Å². The van der Waals surface area contributed by atoms with Crippen LogP contribution in [0.3, 0.4) is 0 Å². The SMILES string of the molecule is Cc1ccc2c(c1)OC=CC(C(=O)NC1CCCCC1)=C2. The molecule has 110 valence electrons. The van der Waals surface area contributed by atoms with Crippen LogP contribution < -0.4 is 10.1 Å². The first-order valence-corrected chi connectivity index (χ1v) is 7.69. The summed E-state index contributed by atoms with van der Waals surface area (Å²) >= 11 is 0. The van der Waals surface area contributed by atoms with Crippen LogP contribution in [0.25, 0.3) is 6.08 Å². The fourth-order valence-electron chi connectivity index (χ4n) is 2.92. The van der Waals surface area contributed by atoms with Crippen LogP contribution in [0.5, 0.6) is 5.75 Å². The molecule has 3 rings (SSSR count). The monoisotopic (exact) mass is 283 g/mol. The van der Waals surface area contributed by atoms with E-state index in [0.29, 0.717) is 11.6 Å². The highest BCUT2D eigenvalue weighted by Gasteiger charge is 2.18. The molecule has 0 unspecified atom stereocenters. The van der Waals surface area contributed by atoms with Gasteiger partial charge in [0.15, 0.2) is 0 Å². The van der Waals surface area contributed by atoms with Crippen molar-refractivity contribution in [2.45, 2.75) is 45.1 Å². The zero-order valence-electron chi connectivity index (χ0n) is 12.4. The first kappa shape index (κ1) is 13.9. The maximum absolute atomic E-state index is 12.4. The van der Waals surface area contributed by atoms with Crippen LogP contribution in [-0.2, 0) is 4.79 Å². The van der Waals surface area contributed by atoms with Crippen molar-refractivity contribution in [1.82, 2.24) is 5.32 Å². The van der Waals surface area contributed by atoms with Crippen molar-refractivity contribution in [2.24, 2.45) is 0 Å². The molecule has 1 amide bonds. The summed E-state index contributed by atoms with van der Waals surface area (Å²) in [5, 5.41) is 3.14. The maximum atomic E-state index is 12.4. The second-order valence-electron chi connectivity index (χ2n) is 5.87. The van der Waals surface area contributed by atoms with Crippen LogP contribution in [0.1, 0.15) is 43.2 Å². The van der Waals surface area contributed by atoms with E-state index >= 15 is 0 Å². The molecular formula is C18H21NO2. The number of ether oxygens (including phenoxy) is 1. The number of benzene rings is 1. The fourth-order valence-corrected chi connectivity index (χ4v) is 2.92. The molecule has 0 atom stereocenters. The zero-order chi connectivity index (χ0) is 14.7. The van der Waals surface area contributed by atoms with Crippen molar-refractivity contribution < 1.29 is 9.53 Å². The van der Waals surface area contributed by atoms with Gasteiger partial charge in [-0.2, -0.15) is 0 Å². The number of rotatable bonds is 2. The molecule has 0 radical (unpaired) electrons. The summed E-state index contributed by atoms with van der Waals surface area (Å²) < 4.78 is 5.59. The molecule has 1 aromatic carbocycles. The van der Waals surface area contributed by atoms with E-state index in [1.54, 1.807) is 12.3 Å². The Hall–Kier alpha value is -2.03. The normalized spacial score (nSPS) is 18.2. The summed E-state index contributed by atoms with van der Waals surface area (Å²) in [5.74, 6) is 0.793. The molecule has 0 bridgehead atoms. The van der Waals surface area contributed by atoms with Gasteiger partial charge in [0, 0.05) is 17.2 Å². The lowest BCUT2D eigenvalue weighted by atomic mass is 9.95. The van der Waals surface area contributed by atoms with E-state index < -0.39 is 0 Å². The highest BCUT2D eigenvalue weighted by Crippen LogP contribution is 2.26. The third-order valence-corrected chi connectivity index (χ3v) is 4.13. The molecule has 3 nitrogen and oxygen atoms in total. The summed E-state index contributed by atoms with van der Waals surface area (Å²) in [6.45, 7) is 2.03. The van der Waals surface area contributed by atoms with Crippen molar-refractivity contribution in [3.8, 4) is 5.75 Å². The van der Waals surface area contributed by atoms with Crippen LogP contribution >= 0.6 is 0 Å². The molecule has 0 saturated heterocycles. The molecule has 0 spiro atoms. The Labute approximate surface area is 125 Å². The van der Waals surface area contributed by atoms with Crippen LogP contribution in [-0.4, -0.2) is 11.9 Å². The predicted molar refractivity (Wildman–Crippen MR) is 83.9 cm³/mol. The smallest absolute Gasteiger partial charge is 0.251 e. The van der Waals surface area contributed by atoms with Crippen molar-refractivity contribution in [1.29, 1.82) is 0 Å². The first-order valence-electron chi connectivity index (χ1n) is 7.69. The van der Waals surface area contributed by atoms with Gasteiger partial charge in [0.05, 0.1) is 6.26 Å². The molecular weight excluding hydrogens is 262 g/mol. The lowest BCUT2D eigenvalue weighted by Crippen LogP contribution is -2.36. The Kier molecular flexibility index (Phi) is 4.09. The Morgan fingerprint density at radius 1 is 1.24 bits per heavy atom. The van der Waals surface area contributed by atoms with Gasteiger partial charge in [-0.05, 0) is 43.5 Å². The topological polar surface area (TPSA) is 38.3 Å². The molecule has 1 heterocycles. The van der Waals surface area contributed by atoms with Gasteiger partial charge < -0.3 is 10.1 Å². The van der Waals surface area contributed by atoms with Crippen molar-refractivity contribution in [2.75, 3.05) is 0 Å². The van der Waals surface area contributed by atoms with E-state index in [1.807, 2.05) is 31.2 Å². The molecule has 1 aliphatic heterocycles. The molecule has 1 fully saturated rings. The van der Waals surface area contributed by atoms with Crippen LogP contribution in [0.4, 0.5) is 0 Å². The van der Waals surface area contributed by atoms with Crippen molar-refractivity contribution >= 4 is 12.0 Å². The molecule has 1 aliphatic carbocycles. The van der Waals surface area contributed by atoms with Crippen molar-refractivity contribution in [3.63, 3.8) is 0 Å². The van der Waals surface area contributed by atoms with Gasteiger partial charge in [0.1, 0.15) is 5.75 Å². The van der Waals surface area contributed by atoms with E-state index in [-0.39, 0.29) is 5.91 Å². The van der Waals surface area contributed by atoms with Gasteiger partial charge in [0.2, 0.25) is 0 Å². The molecule has 2 aliphatic rings. The van der Waals surface area contributed by atoms with Crippen molar-refractivity contribution in [3.05, 3.63) is 47.2 Å². The Balaban J connectivity index is 1.77. The quantitative estimate of drug-likeness (QED) is 0.898. The van der Waals surface area contributed by atoms with Crippen LogP contribution in [0.2, 0.25) is 0 Å². The number of fused-ring (bicyclic) bond motifs is 1. The summed E-state index contributed by atoms with van der Waals surface area (Å²) in [7, 11) is 0. The van der Waals surface area contributed by atoms with E-state index in [9.17, 15) is 4.79 Å². The van der Waals surface area contributed by atoms with Gasteiger partial charge in [-0.1, -0.05) is 31.4 Å². The number of hydrogen-bond donors (Lipinski definition) is 1. The van der Waals surface area contributed by atoms with Gasteiger partial charge >= 0.3 is 0 Å². The number of carbonyl (C=O) groups is 1. The van der Waals surface area contributed by atoms with Crippen LogP contribution in [0.15, 0.2) is 36.1 Å². The highest BCUT2D eigenvalue weighted by molar-refractivity contribution is 6.01. The van der Waals surface area contributed by atoms with Gasteiger partial charge in [0.25, 0.3) is 5.91 Å². The number of aryl methyl sites for hydroxylation is 1. The standard InChI is InChI=1S/C18H21NO2/c1-13-7-8-14-12-15(9-10-21-17(14)11-13)18(20)19-16-5-3-2-4-6-16/h7-12,16H,2-6H2,1H3,(H,19,20). The summed E-state index contributed by atoms with van der Waals surface area (Å²) in [6, 6.07) is 6.33. The Bertz CT molecular complexity index is 595. The number of amides is 1. The van der Waals surface area contributed by atoms with Crippen LogP contribution in [0, 0.1) is 6.92 Å². The summed E-state index contributed by atoms with van der Waals surface area (Å²) in [4.78, 5) is 12.4. The molecule has 21 heavy (non-hydrogen) atoms. The van der Waals surface area contributed by atoms with E-state index in [4.69, 9.17) is 4.74 Å². The lowest BCUT2D eigenvalue weighted by molar-refractivity contribution is -0.118. The lowest BCUT2D eigenvalue weighted by Gasteiger charge is -2.22. The summed E-state index contributed by atoms with van der Waals surface area (Å²) in [5.41, 5.74) is 2.74. The molecule has 1 N–H and O–H groups in total. The minimum Gasteiger partial charge on any atom is -0.464 e. The summed E-state index contributed by atoms with van der Waals surface area (Å²) in [6.07, 6.45) is 11.1. The van der Waals surface area contributed by atoms with E-state index in [1.165, 1.54) is 19.3 Å². The second-order valence-corrected chi connectivity index (χ2v) is 5.87. The largest absolute Gasteiger partial charge is 0.464 e. The third kappa shape index (κ3) is 3.35. The van der Waals surface area contributed by atoms with Gasteiger partial charge in [-0.15, -0.1) is 0 Å². The number of hydrogen-bond acceptors (Lipinski definition) is 2. The molecule has 3 heteroatoms. The number of nitrogens with one attached hydrogen (secondary N) is 1. The fraction of sp³-hybridized carbons (Fsp3) is 0.389. The molecule has 0 aromatic heterocycles. The first-order chi connectivity index (χ1) is 10.2. The van der Waals surface area contributed by atoms with Gasteiger partial charge in [-0.25, -0.2) is 0 Å². The maximum Gasteiger partial charge on any atom is 0.251 e. The second kappa shape index (κ2) is 6.17. The average Bonchev–Trinajstić information content (AvgIpc) is 2.70. The molecule has 1 saturated carbocycles. The average molecular weight is 283 g/mol. The zero-order valence-corrected chi connectivity index (χ0v) is 12.4. The highest BCUT2D eigenvalue weighted by atomic mass is 16.5. The minimum atomic E-state index is -0.00447. The molecule has 1 aromatic rings. The number of carbonyl (C=O) groups excluding carboxylic acids is 1. The third-order valence-electron chi connectivity index (χ3n) is 4.13. The van der Waals surface area contributed by atoms with E-state index in [2.05, 4.69) is 5.32 Å².